The van der Waals surface area contributed by atoms with Gasteiger partial charge in [-0.1, -0.05) is 18.7 Å². The monoisotopic (exact) mass is 361 g/mol. The van der Waals surface area contributed by atoms with Crippen LogP contribution < -0.4 is 5.14 Å². The number of aliphatic hydroxyl groups is 1. The van der Waals surface area contributed by atoms with Gasteiger partial charge in [-0.05, 0) is 36.8 Å². The number of aromatic nitrogens is 1. The van der Waals surface area contributed by atoms with E-state index < -0.39 is 10.0 Å². The van der Waals surface area contributed by atoms with Crippen molar-refractivity contribution in [3.05, 3.63) is 64.7 Å². The number of fused-ring (bicyclic) bond motifs is 1. The lowest BCUT2D eigenvalue weighted by Gasteiger charge is -1.97. The highest BCUT2D eigenvalue weighted by Gasteiger charge is 2.09. The van der Waals surface area contributed by atoms with Crippen molar-refractivity contribution in [1.82, 2.24) is 4.98 Å². The van der Waals surface area contributed by atoms with Gasteiger partial charge in [0.1, 0.15) is 0 Å². The third-order valence-corrected chi connectivity index (χ3v) is 4.59. The fraction of sp³-hybridized carbons (Fsp3) is 0.118. The SMILES string of the molecule is C=C/C(=C\C=C(/C)S(N)(=O)=O)N=Cc1c(O)[nH]c2cc(CO)ccc12. The lowest BCUT2D eigenvalue weighted by Crippen LogP contribution is -2.12. The molecule has 2 rings (SSSR count). The van der Waals surface area contributed by atoms with Crippen molar-refractivity contribution in [3.63, 3.8) is 0 Å². The summed E-state index contributed by atoms with van der Waals surface area (Å²) in [5, 5.41) is 25.0. The van der Waals surface area contributed by atoms with Gasteiger partial charge in [-0.25, -0.2) is 13.6 Å². The molecule has 0 saturated heterocycles. The summed E-state index contributed by atoms with van der Waals surface area (Å²) >= 11 is 0. The zero-order valence-corrected chi connectivity index (χ0v) is 14.4. The second-order valence-electron chi connectivity index (χ2n) is 5.30. The standard InChI is InChI=1S/C17H19N3O4S/c1-3-13(6-4-11(2)25(18,23)24)19-9-15-14-7-5-12(10-21)8-16(14)20-17(15)22/h3-9,20-22H,1,10H2,2H3,(H2,18,23,24)/b11-4+,13-6+,19-9?. The Hall–Kier alpha value is -2.68. The molecule has 2 aromatic rings. The first-order chi connectivity index (χ1) is 11.8. The molecule has 1 aromatic heterocycles. The number of H-pyrrole nitrogens is 1. The summed E-state index contributed by atoms with van der Waals surface area (Å²) < 4.78 is 22.4. The van der Waals surface area contributed by atoms with Crippen LogP contribution in [-0.4, -0.2) is 29.8 Å². The van der Waals surface area contributed by atoms with Crippen LogP contribution in [0.2, 0.25) is 0 Å². The van der Waals surface area contributed by atoms with Crippen LogP contribution in [0, 0.1) is 0 Å². The maximum Gasteiger partial charge on any atom is 0.233 e. The van der Waals surface area contributed by atoms with Crippen LogP contribution in [0.3, 0.4) is 0 Å². The highest BCUT2D eigenvalue weighted by molar-refractivity contribution is 7.93. The van der Waals surface area contributed by atoms with E-state index in [9.17, 15) is 13.5 Å². The summed E-state index contributed by atoms with van der Waals surface area (Å²) in [5.41, 5.74) is 2.25. The van der Waals surface area contributed by atoms with Gasteiger partial charge in [0.05, 0.1) is 22.8 Å². The third kappa shape index (κ3) is 4.44. The number of sulfonamides is 1. The molecule has 0 atom stereocenters. The number of nitrogens with zero attached hydrogens (tertiary/aromatic N) is 1. The van der Waals surface area contributed by atoms with E-state index in [0.29, 0.717) is 22.3 Å². The largest absolute Gasteiger partial charge is 0.494 e. The number of aliphatic imine (C=N–C) groups is 1. The minimum atomic E-state index is -3.74. The minimum absolute atomic E-state index is 0.00600. The molecule has 25 heavy (non-hydrogen) atoms. The van der Waals surface area contributed by atoms with Crippen LogP contribution in [0.5, 0.6) is 5.88 Å². The number of nitrogens with one attached hydrogen (secondary N) is 1. The van der Waals surface area contributed by atoms with Gasteiger partial charge in [0.25, 0.3) is 0 Å². The molecule has 0 fully saturated rings. The number of aliphatic hydroxyl groups excluding tert-OH is 1. The maximum atomic E-state index is 11.2. The highest BCUT2D eigenvalue weighted by atomic mass is 32.2. The van der Waals surface area contributed by atoms with Crippen molar-refractivity contribution in [2.45, 2.75) is 13.5 Å². The Morgan fingerprint density at radius 1 is 1.40 bits per heavy atom. The Bertz CT molecular complexity index is 998. The van der Waals surface area contributed by atoms with Gasteiger partial charge in [0.15, 0.2) is 5.88 Å². The van der Waals surface area contributed by atoms with Crippen molar-refractivity contribution in [2.24, 2.45) is 10.1 Å². The zero-order valence-electron chi connectivity index (χ0n) is 13.6. The quantitative estimate of drug-likeness (QED) is 0.463. The Labute approximate surface area is 145 Å². The number of rotatable bonds is 6. The summed E-state index contributed by atoms with van der Waals surface area (Å²) in [7, 11) is -3.74. The fourth-order valence-corrected chi connectivity index (χ4v) is 2.34. The average Bonchev–Trinajstić information content (AvgIpc) is 2.88. The molecule has 0 aliphatic rings. The van der Waals surface area contributed by atoms with Crippen molar-refractivity contribution < 1.29 is 18.6 Å². The van der Waals surface area contributed by atoms with Gasteiger partial charge >= 0.3 is 0 Å². The Morgan fingerprint density at radius 2 is 2.12 bits per heavy atom. The Balaban J connectivity index is 2.38. The summed E-state index contributed by atoms with van der Waals surface area (Å²) in [6, 6.07) is 5.24. The first-order valence-corrected chi connectivity index (χ1v) is 8.83. The van der Waals surface area contributed by atoms with Gasteiger partial charge in [-0.15, -0.1) is 0 Å². The molecule has 0 radical (unpaired) electrons. The Kier molecular flexibility index (Phi) is 5.58. The molecular weight excluding hydrogens is 342 g/mol. The molecule has 0 aliphatic carbocycles. The highest BCUT2D eigenvalue weighted by Crippen LogP contribution is 2.26. The number of aromatic hydroxyl groups is 1. The number of allylic oxidation sites excluding steroid dienone is 4. The van der Waals surface area contributed by atoms with Crippen LogP contribution in [-0.2, 0) is 16.6 Å². The van der Waals surface area contributed by atoms with Gasteiger partial charge in [-0.2, -0.15) is 0 Å². The molecule has 0 bridgehead atoms. The maximum absolute atomic E-state index is 11.2. The number of primary sulfonamides is 1. The van der Waals surface area contributed by atoms with Crippen molar-refractivity contribution in [3.8, 4) is 5.88 Å². The molecule has 0 saturated carbocycles. The lowest BCUT2D eigenvalue weighted by atomic mass is 10.1. The average molecular weight is 361 g/mol. The van der Waals surface area contributed by atoms with E-state index in [1.54, 1.807) is 18.2 Å². The van der Waals surface area contributed by atoms with E-state index in [4.69, 9.17) is 10.2 Å². The molecule has 132 valence electrons. The predicted octanol–water partition coefficient (Wildman–Crippen LogP) is 2.05. The van der Waals surface area contributed by atoms with Crippen LogP contribution in [0.15, 0.2) is 58.6 Å². The van der Waals surface area contributed by atoms with E-state index in [1.165, 1.54) is 31.4 Å². The van der Waals surface area contributed by atoms with Crippen LogP contribution in [0.25, 0.3) is 10.9 Å². The van der Waals surface area contributed by atoms with E-state index in [0.717, 1.165) is 5.39 Å². The summed E-state index contributed by atoms with van der Waals surface area (Å²) in [6.07, 6.45) is 5.67. The van der Waals surface area contributed by atoms with Gasteiger partial charge < -0.3 is 15.2 Å². The first kappa shape index (κ1) is 18.7. The minimum Gasteiger partial charge on any atom is -0.494 e. The molecule has 0 spiro atoms. The summed E-state index contributed by atoms with van der Waals surface area (Å²) in [6.45, 7) is 4.89. The number of hydrogen-bond acceptors (Lipinski definition) is 5. The van der Waals surface area contributed by atoms with E-state index in [-0.39, 0.29) is 17.4 Å². The molecular formula is C17H19N3O4S. The molecule has 8 heteroatoms. The first-order valence-electron chi connectivity index (χ1n) is 7.28. The number of hydrogen-bond donors (Lipinski definition) is 4. The zero-order chi connectivity index (χ0) is 18.6. The van der Waals surface area contributed by atoms with Crippen LogP contribution in [0.1, 0.15) is 18.1 Å². The van der Waals surface area contributed by atoms with Crippen molar-refractivity contribution in [2.75, 3.05) is 0 Å². The van der Waals surface area contributed by atoms with E-state index in [1.807, 2.05) is 0 Å². The molecule has 0 aliphatic heterocycles. The third-order valence-electron chi connectivity index (χ3n) is 3.55. The van der Waals surface area contributed by atoms with Crippen LogP contribution >= 0.6 is 0 Å². The molecule has 0 amide bonds. The second kappa shape index (κ2) is 7.47. The summed E-state index contributed by atoms with van der Waals surface area (Å²) in [4.78, 5) is 7.01. The topological polar surface area (TPSA) is 129 Å². The molecule has 1 aromatic carbocycles. The van der Waals surface area contributed by atoms with E-state index in [2.05, 4.69) is 16.6 Å². The smallest absolute Gasteiger partial charge is 0.233 e. The number of nitrogens with two attached hydrogens (primary N) is 1. The second-order valence-corrected chi connectivity index (χ2v) is 7.04. The lowest BCUT2D eigenvalue weighted by molar-refractivity contribution is 0.282. The summed E-state index contributed by atoms with van der Waals surface area (Å²) in [5.74, 6) is -0.0616. The predicted molar refractivity (Wildman–Crippen MR) is 98.6 cm³/mol. The van der Waals surface area contributed by atoms with Crippen LogP contribution in [0.4, 0.5) is 0 Å². The number of benzene rings is 1. The Morgan fingerprint density at radius 3 is 2.72 bits per heavy atom. The van der Waals surface area contributed by atoms with Gasteiger partial charge in [0, 0.05) is 17.1 Å². The molecule has 1 heterocycles. The number of aromatic amines is 1. The molecule has 7 nitrogen and oxygen atoms in total. The van der Waals surface area contributed by atoms with Gasteiger partial charge in [-0.3, -0.25) is 4.99 Å². The normalized spacial score (nSPS) is 13.7. The van der Waals surface area contributed by atoms with Crippen molar-refractivity contribution in [1.29, 1.82) is 0 Å². The molecule has 5 N–H and O–H groups in total. The van der Waals surface area contributed by atoms with Gasteiger partial charge in [0.2, 0.25) is 10.0 Å². The van der Waals surface area contributed by atoms with Crippen molar-refractivity contribution >= 4 is 27.1 Å². The van der Waals surface area contributed by atoms with E-state index >= 15 is 0 Å². The molecule has 0 unspecified atom stereocenters. The fourth-order valence-electron chi connectivity index (χ4n) is 2.08.